The van der Waals surface area contributed by atoms with Crippen molar-refractivity contribution in [1.29, 1.82) is 0 Å². The van der Waals surface area contributed by atoms with E-state index in [9.17, 15) is 0 Å². The van der Waals surface area contributed by atoms with Crippen LogP contribution in [0.25, 0.3) is 0 Å². The Kier molecular flexibility index (Phi) is 6.57. The Bertz CT molecular complexity index is 808. The number of aromatic nitrogens is 3. The molecule has 0 aliphatic carbocycles. The molecule has 2 N–H and O–H groups in total. The van der Waals surface area contributed by atoms with Gasteiger partial charge in [-0.25, -0.2) is 4.99 Å². The van der Waals surface area contributed by atoms with Gasteiger partial charge in [-0.3, -0.25) is 0 Å². The maximum absolute atomic E-state index is 5.41. The SMILES string of the molecule is CCNC(=NCc1cc(OC)c(OC)c(OC)c1)NCc1nnc2n1CCC2. The molecule has 1 aromatic carbocycles. The van der Waals surface area contributed by atoms with E-state index in [0.29, 0.717) is 36.3 Å². The summed E-state index contributed by atoms with van der Waals surface area (Å²) in [5.74, 6) is 4.52. The average molecular weight is 388 g/mol. The molecule has 0 amide bonds. The summed E-state index contributed by atoms with van der Waals surface area (Å²) < 4.78 is 18.4. The third kappa shape index (κ3) is 4.29. The van der Waals surface area contributed by atoms with E-state index >= 15 is 0 Å². The first-order valence-corrected chi connectivity index (χ1v) is 9.42. The number of nitrogens with zero attached hydrogens (tertiary/aromatic N) is 4. The monoisotopic (exact) mass is 388 g/mol. The van der Waals surface area contributed by atoms with Gasteiger partial charge in [0.2, 0.25) is 5.75 Å². The molecular weight excluding hydrogens is 360 g/mol. The van der Waals surface area contributed by atoms with Crippen molar-refractivity contribution in [3.63, 3.8) is 0 Å². The summed E-state index contributed by atoms with van der Waals surface area (Å²) in [5, 5.41) is 15.1. The molecule has 2 aromatic rings. The largest absolute Gasteiger partial charge is 0.493 e. The second-order valence-electron chi connectivity index (χ2n) is 6.37. The minimum Gasteiger partial charge on any atom is -0.493 e. The third-order valence-corrected chi connectivity index (χ3v) is 4.59. The van der Waals surface area contributed by atoms with Gasteiger partial charge in [-0.2, -0.15) is 0 Å². The minimum absolute atomic E-state index is 0.462. The van der Waals surface area contributed by atoms with Crippen molar-refractivity contribution in [2.24, 2.45) is 4.99 Å². The van der Waals surface area contributed by atoms with Gasteiger partial charge in [0.15, 0.2) is 23.3 Å². The number of methoxy groups -OCH3 is 3. The molecule has 1 aliphatic rings. The highest BCUT2D eigenvalue weighted by molar-refractivity contribution is 5.79. The van der Waals surface area contributed by atoms with E-state index in [0.717, 1.165) is 43.1 Å². The van der Waals surface area contributed by atoms with Gasteiger partial charge < -0.3 is 29.4 Å². The smallest absolute Gasteiger partial charge is 0.203 e. The van der Waals surface area contributed by atoms with Crippen LogP contribution in [0.15, 0.2) is 17.1 Å². The van der Waals surface area contributed by atoms with Crippen LogP contribution in [0.5, 0.6) is 17.2 Å². The number of hydrogen-bond acceptors (Lipinski definition) is 6. The highest BCUT2D eigenvalue weighted by Gasteiger charge is 2.17. The summed E-state index contributed by atoms with van der Waals surface area (Å²) in [7, 11) is 4.80. The first-order valence-electron chi connectivity index (χ1n) is 9.42. The van der Waals surface area contributed by atoms with E-state index in [4.69, 9.17) is 14.2 Å². The number of fused-ring (bicyclic) bond motifs is 1. The van der Waals surface area contributed by atoms with Gasteiger partial charge in [0.25, 0.3) is 0 Å². The average Bonchev–Trinajstić information content (AvgIpc) is 3.33. The fourth-order valence-corrected chi connectivity index (χ4v) is 3.24. The zero-order chi connectivity index (χ0) is 19.9. The number of guanidine groups is 1. The molecule has 0 unspecified atom stereocenters. The van der Waals surface area contributed by atoms with E-state index in [-0.39, 0.29) is 0 Å². The molecule has 9 heteroatoms. The van der Waals surface area contributed by atoms with Gasteiger partial charge >= 0.3 is 0 Å². The lowest BCUT2D eigenvalue weighted by atomic mass is 10.2. The quantitative estimate of drug-likeness (QED) is 0.523. The van der Waals surface area contributed by atoms with Crippen molar-refractivity contribution in [1.82, 2.24) is 25.4 Å². The second kappa shape index (κ2) is 9.29. The van der Waals surface area contributed by atoms with E-state index in [1.807, 2.05) is 19.1 Å². The molecule has 1 aliphatic heterocycles. The molecule has 0 fully saturated rings. The van der Waals surface area contributed by atoms with Crippen LogP contribution in [0.4, 0.5) is 0 Å². The Morgan fingerprint density at radius 1 is 1.11 bits per heavy atom. The first-order chi connectivity index (χ1) is 13.7. The van der Waals surface area contributed by atoms with Gasteiger partial charge in [-0.15, -0.1) is 10.2 Å². The Labute approximate surface area is 165 Å². The van der Waals surface area contributed by atoms with Crippen LogP contribution < -0.4 is 24.8 Å². The van der Waals surface area contributed by atoms with Crippen molar-refractivity contribution in [2.75, 3.05) is 27.9 Å². The van der Waals surface area contributed by atoms with Gasteiger partial charge in [0.05, 0.1) is 34.4 Å². The Hall–Kier alpha value is -2.97. The van der Waals surface area contributed by atoms with E-state index in [2.05, 4.69) is 30.4 Å². The van der Waals surface area contributed by atoms with Crippen molar-refractivity contribution >= 4 is 5.96 Å². The Morgan fingerprint density at radius 3 is 2.50 bits per heavy atom. The molecule has 3 rings (SSSR count). The first kappa shape index (κ1) is 19.8. The highest BCUT2D eigenvalue weighted by Crippen LogP contribution is 2.38. The maximum atomic E-state index is 5.41. The Morgan fingerprint density at radius 2 is 1.86 bits per heavy atom. The van der Waals surface area contributed by atoms with Crippen LogP contribution in [0.3, 0.4) is 0 Å². The molecule has 2 heterocycles. The molecule has 0 radical (unpaired) electrons. The van der Waals surface area contributed by atoms with Crippen molar-refractivity contribution in [2.45, 2.75) is 39.4 Å². The third-order valence-electron chi connectivity index (χ3n) is 4.59. The molecule has 0 atom stereocenters. The lowest BCUT2D eigenvalue weighted by molar-refractivity contribution is 0.324. The Balaban J connectivity index is 1.71. The lowest BCUT2D eigenvalue weighted by Crippen LogP contribution is -2.37. The predicted molar refractivity (Wildman–Crippen MR) is 106 cm³/mol. The number of benzene rings is 1. The van der Waals surface area contributed by atoms with Crippen molar-refractivity contribution in [3.05, 3.63) is 29.3 Å². The van der Waals surface area contributed by atoms with Crippen LogP contribution >= 0.6 is 0 Å². The summed E-state index contributed by atoms with van der Waals surface area (Å²) in [4.78, 5) is 4.67. The summed E-state index contributed by atoms with van der Waals surface area (Å²) in [5.41, 5.74) is 0.954. The van der Waals surface area contributed by atoms with E-state index in [1.165, 1.54) is 0 Å². The minimum atomic E-state index is 0.462. The van der Waals surface area contributed by atoms with Crippen LogP contribution in [-0.2, 0) is 26.1 Å². The fourth-order valence-electron chi connectivity index (χ4n) is 3.24. The molecule has 152 valence electrons. The summed E-state index contributed by atoms with van der Waals surface area (Å²) in [6.07, 6.45) is 2.13. The zero-order valence-electron chi connectivity index (χ0n) is 16.9. The number of aryl methyl sites for hydroxylation is 1. The van der Waals surface area contributed by atoms with E-state index < -0.39 is 0 Å². The van der Waals surface area contributed by atoms with E-state index in [1.54, 1.807) is 21.3 Å². The number of ether oxygens (including phenoxy) is 3. The van der Waals surface area contributed by atoms with Gasteiger partial charge in [-0.1, -0.05) is 0 Å². The molecule has 1 aromatic heterocycles. The number of nitrogens with one attached hydrogen (secondary N) is 2. The maximum Gasteiger partial charge on any atom is 0.203 e. The lowest BCUT2D eigenvalue weighted by Gasteiger charge is -2.14. The zero-order valence-corrected chi connectivity index (χ0v) is 16.9. The number of hydrogen-bond donors (Lipinski definition) is 2. The van der Waals surface area contributed by atoms with Gasteiger partial charge in [0, 0.05) is 19.5 Å². The highest BCUT2D eigenvalue weighted by atomic mass is 16.5. The number of aliphatic imine (C=N–C) groups is 1. The van der Waals surface area contributed by atoms with Gasteiger partial charge in [-0.05, 0) is 31.0 Å². The van der Waals surface area contributed by atoms with Crippen LogP contribution in [-0.4, -0.2) is 48.6 Å². The van der Waals surface area contributed by atoms with Gasteiger partial charge in [0.1, 0.15) is 5.82 Å². The van der Waals surface area contributed by atoms with Crippen molar-refractivity contribution in [3.8, 4) is 17.2 Å². The molecule has 28 heavy (non-hydrogen) atoms. The molecular formula is C19H28N6O3. The predicted octanol–water partition coefficient (Wildman–Crippen LogP) is 1.51. The molecule has 0 saturated carbocycles. The summed E-state index contributed by atoms with van der Waals surface area (Å²) in [6, 6.07) is 3.81. The molecule has 0 saturated heterocycles. The fraction of sp³-hybridized carbons (Fsp3) is 0.526. The summed E-state index contributed by atoms with van der Waals surface area (Å²) >= 11 is 0. The molecule has 0 bridgehead atoms. The topological polar surface area (TPSA) is 94.8 Å². The summed E-state index contributed by atoms with van der Waals surface area (Å²) in [6.45, 7) is 4.82. The van der Waals surface area contributed by atoms with Crippen LogP contribution in [0.1, 0.15) is 30.6 Å². The van der Waals surface area contributed by atoms with Crippen LogP contribution in [0, 0.1) is 0 Å². The molecule has 0 spiro atoms. The molecule has 9 nitrogen and oxygen atoms in total. The standard InChI is InChI=1S/C19H28N6O3/c1-5-20-19(22-12-17-24-23-16-7-6-8-25(16)17)21-11-13-9-14(26-2)18(28-4)15(10-13)27-3/h9-10H,5-8,11-12H2,1-4H3,(H2,20,21,22). The van der Waals surface area contributed by atoms with Crippen LogP contribution in [0.2, 0.25) is 0 Å². The number of rotatable bonds is 8. The normalized spacial score (nSPS) is 13.2. The second-order valence-corrected chi connectivity index (χ2v) is 6.37. The van der Waals surface area contributed by atoms with Crippen molar-refractivity contribution < 1.29 is 14.2 Å².